The summed E-state index contributed by atoms with van der Waals surface area (Å²) in [5.41, 5.74) is 0.830. The van der Waals surface area contributed by atoms with Gasteiger partial charge >= 0.3 is 0 Å². The van der Waals surface area contributed by atoms with E-state index in [1.165, 1.54) is 0 Å². The van der Waals surface area contributed by atoms with Crippen LogP contribution in [0.3, 0.4) is 0 Å². The van der Waals surface area contributed by atoms with E-state index in [0.717, 1.165) is 27.9 Å². The van der Waals surface area contributed by atoms with Gasteiger partial charge in [-0.05, 0) is 24.7 Å². The summed E-state index contributed by atoms with van der Waals surface area (Å²) in [5, 5.41) is 4.17. The van der Waals surface area contributed by atoms with Gasteiger partial charge in [0.1, 0.15) is 5.69 Å². The zero-order valence-corrected chi connectivity index (χ0v) is 13.6. The van der Waals surface area contributed by atoms with E-state index in [2.05, 4.69) is 22.2 Å². The quantitative estimate of drug-likeness (QED) is 0.789. The van der Waals surface area contributed by atoms with Crippen LogP contribution >= 0.6 is 23.4 Å². The normalized spacial score (nSPS) is 12.1. The third-order valence-corrected chi connectivity index (χ3v) is 4.20. The Hall–Kier alpha value is -1.30. The van der Waals surface area contributed by atoms with Gasteiger partial charge in [0.25, 0.3) is 0 Å². The summed E-state index contributed by atoms with van der Waals surface area (Å²) in [6.07, 6.45) is 3.32. The second-order valence-electron chi connectivity index (χ2n) is 4.33. The molecule has 0 radical (unpaired) electrons. The standard InChI is InChI=1S/C15H18ClN3OS/c1-3-17-13(14-15(20-2)19-8-7-18-14)10-21-12-6-4-5-11(16)9-12/h4-9,13,17H,3,10H2,1-2H3. The number of halogens is 1. The van der Waals surface area contributed by atoms with Gasteiger partial charge < -0.3 is 10.1 Å². The summed E-state index contributed by atoms with van der Waals surface area (Å²) in [6.45, 7) is 2.92. The number of thioether (sulfide) groups is 1. The summed E-state index contributed by atoms with van der Waals surface area (Å²) in [6, 6.07) is 7.91. The van der Waals surface area contributed by atoms with Gasteiger partial charge in [-0.1, -0.05) is 24.6 Å². The van der Waals surface area contributed by atoms with Crippen LogP contribution < -0.4 is 10.1 Å². The SMILES string of the molecule is CCNC(CSc1cccc(Cl)c1)c1nccnc1OC. The number of rotatable bonds is 7. The smallest absolute Gasteiger partial charge is 0.237 e. The monoisotopic (exact) mass is 323 g/mol. The molecular weight excluding hydrogens is 306 g/mol. The third-order valence-electron chi connectivity index (χ3n) is 2.88. The molecule has 1 unspecified atom stereocenters. The number of hydrogen-bond donors (Lipinski definition) is 1. The molecular formula is C15H18ClN3OS. The molecule has 0 aliphatic carbocycles. The van der Waals surface area contributed by atoms with Crippen molar-refractivity contribution in [3.8, 4) is 5.88 Å². The number of nitrogens with zero attached hydrogens (tertiary/aromatic N) is 2. The maximum atomic E-state index is 6.01. The molecule has 1 aromatic carbocycles. The van der Waals surface area contributed by atoms with Crippen molar-refractivity contribution in [3.05, 3.63) is 47.4 Å². The summed E-state index contributed by atoms with van der Waals surface area (Å²) < 4.78 is 5.30. The van der Waals surface area contributed by atoms with E-state index < -0.39 is 0 Å². The van der Waals surface area contributed by atoms with E-state index in [0.29, 0.717) is 5.88 Å². The Bertz CT molecular complexity index is 582. The number of aromatic nitrogens is 2. The first-order valence-electron chi connectivity index (χ1n) is 6.71. The number of nitrogens with one attached hydrogen (secondary N) is 1. The molecule has 1 atom stereocenters. The first-order valence-corrected chi connectivity index (χ1v) is 8.07. The highest BCUT2D eigenvalue weighted by atomic mass is 35.5. The minimum atomic E-state index is 0.0719. The average Bonchev–Trinajstić information content (AvgIpc) is 2.51. The van der Waals surface area contributed by atoms with E-state index in [9.17, 15) is 0 Å². The predicted octanol–water partition coefficient (Wildman–Crippen LogP) is 3.58. The Balaban J connectivity index is 2.12. The van der Waals surface area contributed by atoms with Gasteiger partial charge in [0.2, 0.25) is 5.88 Å². The maximum Gasteiger partial charge on any atom is 0.237 e. The van der Waals surface area contributed by atoms with Gasteiger partial charge in [-0.3, -0.25) is 4.98 Å². The molecule has 4 nitrogen and oxygen atoms in total. The fraction of sp³-hybridized carbons (Fsp3) is 0.333. The Kier molecular flexibility index (Phi) is 6.29. The van der Waals surface area contributed by atoms with Crippen molar-refractivity contribution < 1.29 is 4.74 Å². The summed E-state index contributed by atoms with van der Waals surface area (Å²) in [7, 11) is 1.61. The first kappa shape index (κ1) is 16.1. The molecule has 0 aliphatic heterocycles. The number of ether oxygens (including phenoxy) is 1. The van der Waals surface area contributed by atoms with Crippen LogP contribution in [-0.4, -0.2) is 29.4 Å². The lowest BCUT2D eigenvalue weighted by Gasteiger charge is -2.18. The lowest BCUT2D eigenvalue weighted by molar-refractivity contribution is 0.381. The van der Waals surface area contributed by atoms with Crippen molar-refractivity contribution >= 4 is 23.4 Å². The summed E-state index contributed by atoms with van der Waals surface area (Å²) >= 11 is 7.74. The molecule has 21 heavy (non-hydrogen) atoms. The molecule has 0 aliphatic rings. The highest BCUT2D eigenvalue weighted by Gasteiger charge is 2.18. The van der Waals surface area contributed by atoms with Crippen LogP contribution in [0.5, 0.6) is 5.88 Å². The molecule has 2 aromatic rings. The van der Waals surface area contributed by atoms with E-state index in [1.807, 2.05) is 24.3 Å². The van der Waals surface area contributed by atoms with Gasteiger partial charge in [0.05, 0.1) is 13.2 Å². The first-order chi connectivity index (χ1) is 10.2. The van der Waals surface area contributed by atoms with Crippen molar-refractivity contribution in [1.82, 2.24) is 15.3 Å². The van der Waals surface area contributed by atoms with Gasteiger partial charge in [-0.15, -0.1) is 11.8 Å². The van der Waals surface area contributed by atoms with E-state index >= 15 is 0 Å². The molecule has 1 N–H and O–H groups in total. The van der Waals surface area contributed by atoms with E-state index in [-0.39, 0.29) is 6.04 Å². The molecule has 0 saturated heterocycles. The Morgan fingerprint density at radius 2 is 2.14 bits per heavy atom. The molecule has 2 rings (SSSR count). The lowest BCUT2D eigenvalue weighted by Crippen LogP contribution is -2.24. The Morgan fingerprint density at radius 3 is 2.86 bits per heavy atom. The predicted molar refractivity (Wildman–Crippen MR) is 87.2 cm³/mol. The molecule has 0 amide bonds. The van der Waals surface area contributed by atoms with Gasteiger partial charge in [0.15, 0.2) is 0 Å². The zero-order chi connectivity index (χ0) is 15.1. The fourth-order valence-corrected chi connectivity index (χ4v) is 3.22. The maximum absolute atomic E-state index is 6.01. The van der Waals surface area contributed by atoms with Crippen LogP contribution in [0.15, 0.2) is 41.6 Å². The van der Waals surface area contributed by atoms with Crippen LogP contribution in [0.4, 0.5) is 0 Å². The van der Waals surface area contributed by atoms with Crippen LogP contribution in [0.2, 0.25) is 5.02 Å². The van der Waals surface area contributed by atoms with E-state index in [4.69, 9.17) is 16.3 Å². The molecule has 1 aromatic heterocycles. The largest absolute Gasteiger partial charge is 0.480 e. The fourth-order valence-electron chi connectivity index (χ4n) is 1.95. The van der Waals surface area contributed by atoms with Crippen molar-refractivity contribution in [2.24, 2.45) is 0 Å². The number of methoxy groups -OCH3 is 1. The minimum Gasteiger partial charge on any atom is -0.480 e. The third kappa shape index (κ3) is 4.59. The topological polar surface area (TPSA) is 47.0 Å². The van der Waals surface area contributed by atoms with Gasteiger partial charge in [0, 0.05) is 28.1 Å². The molecule has 0 saturated carbocycles. The van der Waals surface area contributed by atoms with Crippen LogP contribution in [0, 0.1) is 0 Å². The molecule has 6 heteroatoms. The molecule has 0 bridgehead atoms. The Morgan fingerprint density at radius 1 is 1.33 bits per heavy atom. The van der Waals surface area contributed by atoms with Crippen molar-refractivity contribution in [3.63, 3.8) is 0 Å². The zero-order valence-electron chi connectivity index (χ0n) is 12.0. The second kappa shape index (κ2) is 8.22. The summed E-state index contributed by atoms with van der Waals surface area (Å²) in [5.74, 6) is 1.39. The number of benzene rings is 1. The van der Waals surface area contributed by atoms with Gasteiger partial charge in [-0.25, -0.2) is 4.98 Å². The summed E-state index contributed by atoms with van der Waals surface area (Å²) in [4.78, 5) is 9.76. The molecule has 0 fully saturated rings. The van der Waals surface area contributed by atoms with Crippen molar-refractivity contribution in [2.75, 3.05) is 19.4 Å². The highest BCUT2D eigenvalue weighted by molar-refractivity contribution is 7.99. The van der Waals surface area contributed by atoms with Crippen LogP contribution in [0.25, 0.3) is 0 Å². The van der Waals surface area contributed by atoms with Crippen molar-refractivity contribution in [1.29, 1.82) is 0 Å². The minimum absolute atomic E-state index is 0.0719. The van der Waals surface area contributed by atoms with Crippen LogP contribution in [-0.2, 0) is 0 Å². The molecule has 112 valence electrons. The van der Waals surface area contributed by atoms with Crippen molar-refractivity contribution in [2.45, 2.75) is 17.9 Å². The average molecular weight is 324 g/mol. The van der Waals surface area contributed by atoms with Crippen LogP contribution in [0.1, 0.15) is 18.7 Å². The van der Waals surface area contributed by atoms with Gasteiger partial charge in [-0.2, -0.15) is 0 Å². The van der Waals surface area contributed by atoms with E-state index in [1.54, 1.807) is 31.3 Å². The highest BCUT2D eigenvalue weighted by Crippen LogP contribution is 2.28. The Labute approximate surface area is 134 Å². The molecule has 0 spiro atoms. The lowest BCUT2D eigenvalue weighted by atomic mass is 10.2. The molecule has 1 heterocycles. The second-order valence-corrected chi connectivity index (χ2v) is 5.86. The number of hydrogen-bond acceptors (Lipinski definition) is 5.